The lowest BCUT2D eigenvalue weighted by Gasteiger charge is -2.59. The third kappa shape index (κ3) is 3.56. The molecule has 0 spiro atoms. The lowest BCUT2D eigenvalue weighted by molar-refractivity contribution is -0.119. The van der Waals surface area contributed by atoms with Crippen LogP contribution in [0.5, 0.6) is 0 Å². The Morgan fingerprint density at radius 2 is 1.83 bits per heavy atom. The van der Waals surface area contributed by atoms with Crippen LogP contribution in [0.2, 0.25) is 0 Å². The summed E-state index contributed by atoms with van der Waals surface area (Å²) in [5, 5.41) is 11.1. The van der Waals surface area contributed by atoms with Crippen molar-refractivity contribution in [2.75, 3.05) is 0 Å². The van der Waals surface area contributed by atoms with Gasteiger partial charge in [-0.05, 0) is 96.5 Å². The van der Waals surface area contributed by atoms with Crippen LogP contribution in [-0.4, -0.2) is 17.0 Å². The third-order valence-corrected chi connectivity index (χ3v) is 10.2. The van der Waals surface area contributed by atoms with E-state index in [-0.39, 0.29) is 11.2 Å². The van der Waals surface area contributed by atoms with Gasteiger partial charge in [-0.1, -0.05) is 53.9 Å². The molecule has 8 atom stereocenters. The Hall–Kier alpha value is -0.630. The molecular formula is C27H44O2. The highest BCUT2D eigenvalue weighted by Gasteiger charge is 2.60. The topological polar surface area (TPSA) is 37.3 Å². The summed E-state index contributed by atoms with van der Waals surface area (Å²) in [5.41, 5.74) is 1.59. The van der Waals surface area contributed by atoms with Crippen LogP contribution in [0.4, 0.5) is 0 Å². The quantitative estimate of drug-likeness (QED) is 0.567. The molecule has 0 aliphatic heterocycles. The summed E-state index contributed by atoms with van der Waals surface area (Å²) in [6.45, 7) is 12.2. The molecule has 29 heavy (non-hydrogen) atoms. The van der Waals surface area contributed by atoms with Gasteiger partial charge in [0.05, 0.1) is 6.10 Å². The highest BCUT2D eigenvalue weighted by Crippen LogP contribution is 2.67. The number of carbonyl (C=O) groups excluding carboxylic acids is 1. The van der Waals surface area contributed by atoms with Crippen molar-refractivity contribution >= 4 is 5.78 Å². The summed E-state index contributed by atoms with van der Waals surface area (Å²) in [6.07, 6.45) is 13.5. The number of fused-ring (bicyclic) bond motifs is 5. The van der Waals surface area contributed by atoms with Gasteiger partial charge in [0, 0.05) is 6.42 Å². The lowest BCUT2D eigenvalue weighted by Crippen LogP contribution is -2.54. The summed E-state index contributed by atoms with van der Waals surface area (Å²) >= 11 is 0. The zero-order valence-electron chi connectivity index (χ0n) is 19.5. The van der Waals surface area contributed by atoms with Crippen molar-refractivity contribution in [1.29, 1.82) is 0 Å². The molecule has 0 amide bonds. The Balaban J connectivity index is 1.53. The summed E-state index contributed by atoms with van der Waals surface area (Å²) < 4.78 is 0. The van der Waals surface area contributed by atoms with Crippen molar-refractivity contribution in [3.8, 4) is 0 Å². The number of rotatable bonds is 5. The van der Waals surface area contributed by atoms with Gasteiger partial charge in [0.1, 0.15) is 0 Å². The molecule has 0 unspecified atom stereocenters. The monoisotopic (exact) mass is 400 g/mol. The van der Waals surface area contributed by atoms with E-state index in [1.165, 1.54) is 44.9 Å². The maximum absolute atomic E-state index is 12.1. The SMILES string of the molecule is CC(C)CCC[C@@H](C)[C@H]1CC[C@H]2[C@@H]3C[C@H](O)C4=CC(=O)CC[C@]4(C)[C@H]3CC[C@]12C. The fourth-order valence-electron chi connectivity index (χ4n) is 8.63. The summed E-state index contributed by atoms with van der Waals surface area (Å²) in [4.78, 5) is 12.1. The minimum absolute atomic E-state index is 0.0541. The lowest BCUT2D eigenvalue weighted by atomic mass is 9.46. The number of ketones is 1. The van der Waals surface area contributed by atoms with E-state index in [4.69, 9.17) is 0 Å². The van der Waals surface area contributed by atoms with Crippen molar-refractivity contribution in [1.82, 2.24) is 0 Å². The van der Waals surface area contributed by atoms with Crippen molar-refractivity contribution < 1.29 is 9.90 Å². The number of aliphatic hydroxyl groups excluding tert-OH is 1. The highest BCUT2D eigenvalue weighted by atomic mass is 16.3. The van der Waals surface area contributed by atoms with Crippen molar-refractivity contribution in [3.05, 3.63) is 11.6 Å². The molecule has 0 aromatic heterocycles. The van der Waals surface area contributed by atoms with Crippen molar-refractivity contribution in [2.45, 2.75) is 105 Å². The van der Waals surface area contributed by atoms with Crippen LogP contribution in [0.3, 0.4) is 0 Å². The van der Waals surface area contributed by atoms with Gasteiger partial charge >= 0.3 is 0 Å². The van der Waals surface area contributed by atoms with Gasteiger partial charge in [-0.2, -0.15) is 0 Å². The second kappa shape index (κ2) is 7.81. The summed E-state index contributed by atoms with van der Waals surface area (Å²) in [7, 11) is 0. The van der Waals surface area contributed by atoms with E-state index in [1.807, 2.05) is 6.08 Å². The van der Waals surface area contributed by atoms with E-state index in [2.05, 4.69) is 34.6 Å². The molecule has 0 aromatic rings. The van der Waals surface area contributed by atoms with Gasteiger partial charge in [0.15, 0.2) is 5.78 Å². The highest BCUT2D eigenvalue weighted by molar-refractivity contribution is 5.91. The van der Waals surface area contributed by atoms with Crippen LogP contribution in [0, 0.1) is 46.3 Å². The zero-order chi connectivity index (χ0) is 21.0. The number of hydrogen-bond donors (Lipinski definition) is 1. The van der Waals surface area contributed by atoms with Crippen LogP contribution in [0.15, 0.2) is 11.6 Å². The molecule has 0 radical (unpaired) electrons. The summed E-state index contributed by atoms with van der Waals surface area (Å²) in [6, 6.07) is 0. The second-order valence-electron chi connectivity index (χ2n) is 12.1. The van der Waals surface area contributed by atoms with Gasteiger partial charge in [0.25, 0.3) is 0 Å². The number of aliphatic hydroxyl groups is 1. The molecular weight excluding hydrogens is 356 g/mol. The Labute approximate surface area is 178 Å². The van der Waals surface area contributed by atoms with Gasteiger partial charge < -0.3 is 5.11 Å². The Bertz CT molecular complexity index is 663. The first-order chi connectivity index (χ1) is 13.7. The third-order valence-electron chi connectivity index (χ3n) is 10.2. The predicted octanol–water partition coefficient (Wildman–Crippen LogP) is 6.57. The van der Waals surface area contributed by atoms with E-state index in [0.29, 0.717) is 23.7 Å². The molecule has 0 aromatic carbocycles. The molecule has 3 saturated carbocycles. The van der Waals surface area contributed by atoms with Crippen LogP contribution in [0.25, 0.3) is 0 Å². The van der Waals surface area contributed by atoms with Gasteiger partial charge in [-0.3, -0.25) is 4.79 Å². The maximum atomic E-state index is 12.1. The molecule has 2 heteroatoms. The Morgan fingerprint density at radius 3 is 2.55 bits per heavy atom. The fourth-order valence-corrected chi connectivity index (χ4v) is 8.63. The van der Waals surface area contributed by atoms with Gasteiger partial charge in [0.2, 0.25) is 0 Å². The average Bonchev–Trinajstić information content (AvgIpc) is 3.00. The largest absolute Gasteiger partial charge is 0.389 e. The Kier molecular flexibility index (Phi) is 5.82. The second-order valence-corrected chi connectivity index (χ2v) is 12.1. The Morgan fingerprint density at radius 1 is 1.07 bits per heavy atom. The standard InChI is InChI=1S/C27H44O2/c1-17(2)7-6-8-18(3)21-9-10-22-20-16-25(29)24-15-19(28)11-13-27(24,5)23(20)12-14-26(21,22)4/h15,17-18,20-23,25,29H,6-14,16H2,1-5H3/t18-,20+,21-,22+,23+,25+,26-,27-/m1/s1. The summed E-state index contributed by atoms with van der Waals surface area (Å²) in [5.74, 6) is 4.81. The van der Waals surface area contributed by atoms with Crippen molar-refractivity contribution in [2.24, 2.45) is 46.3 Å². The number of hydrogen-bond acceptors (Lipinski definition) is 2. The van der Waals surface area contributed by atoms with E-state index in [0.717, 1.165) is 42.1 Å². The van der Waals surface area contributed by atoms with Gasteiger partial charge in [-0.15, -0.1) is 0 Å². The first-order valence-electron chi connectivity index (χ1n) is 12.6. The minimum Gasteiger partial charge on any atom is -0.389 e. The van der Waals surface area contributed by atoms with E-state index in [1.54, 1.807) is 0 Å². The van der Waals surface area contributed by atoms with Crippen molar-refractivity contribution in [3.63, 3.8) is 0 Å². The molecule has 0 saturated heterocycles. The fraction of sp³-hybridized carbons (Fsp3) is 0.889. The molecule has 4 rings (SSSR count). The van der Waals surface area contributed by atoms with Crippen LogP contribution < -0.4 is 0 Å². The molecule has 3 fully saturated rings. The molecule has 4 aliphatic rings. The maximum Gasteiger partial charge on any atom is 0.155 e. The van der Waals surface area contributed by atoms with Crippen LogP contribution in [0.1, 0.15) is 98.8 Å². The minimum atomic E-state index is -0.393. The average molecular weight is 401 g/mol. The zero-order valence-corrected chi connectivity index (χ0v) is 19.5. The number of carbonyl (C=O) groups is 1. The molecule has 4 aliphatic carbocycles. The van der Waals surface area contributed by atoms with Crippen LogP contribution in [-0.2, 0) is 4.79 Å². The molecule has 2 nitrogen and oxygen atoms in total. The molecule has 0 bridgehead atoms. The molecule has 1 N–H and O–H groups in total. The normalized spacial score (nSPS) is 45.4. The van der Waals surface area contributed by atoms with E-state index in [9.17, 15) is 9.90 Å². The van der Waals surface area contributed by atoms with Gasteiger partial charge in [-0.25, -0.2) is 0 Å². The molecule has 164 valence electrons. The smallest absolute Gasteiger partial charge is 0.155 e. The predicted molar refractivity (Wildman–Crippen MR) is 119 cm³/mol. The van der Waals surface area contributed by atoms with Crippen LogP contribution >= 0.6 is 0 Å². The molecule has 0 heterocycles. The van der Waals surface area contributed by atoms with E-state index >= 15 is 0 Å². The van der Waals surface area contributed by atoms with E-state index < -0.39 is 6.10 Å². The first-order valence-corrected chi connectivity index (χ1v) is 12.6. The first kappa shape index (κ1) is 21.6.